The van der Waals surface area contributed by atoms with Crippen LogP contribution in [0, 0.1) is 19.8 Å². The Labute approximate surface area is 155 Å². The van der Waals surface area contributed by atoms with Crippen molar-refractivity contribution < 1.29 is 17.7 Å². The van der Waals surface area contributed by atoms with Crippen LogP contribution in [0.15, 0.2) is 9.42 Å². The predicted molar refractivity (Wildman–Crippen MR) is 98.2 cm³/mol. The van der Waals surface area contributed by atoms with Crippen molar-refractivity contribution in [2.75, 3.05) is 26.2 Å². The first-order valence-electron chi connectivity index (χ1n) is 9.16. The number of hydrogen-bond donors (Lipinski definition) is 2. The van der Waals surface area contributed by atoms with E-state index in [1.807, 2.05) is 0 Å². The van der Waals surface area contributed by atoms with Crippen molar-refractivity contribution in [1.82, 2.24) is 20.1 Å². The summed E-state index contributed by atoms with van der Waals surface area (Å²) in [5.74, 6) is 0.670. The van der Waals surface area contributed by atoms with Crippen LogP contribution in [0.3, 0.4) is 0 Å². The Kier molecular flexibility index (Phi) is 7.19. The van der Waals surface area contributed by atoms with Gasteiger partial charge in [0.25, 0.3) is 0 Å². The number of sulfonamides is 1. The summed E-state index contributed by atoms with van der Waals surface area (Å²) in [6.45, 7) is 10.6. The van der Waals surface area contributed by atoms with Gasteiger partial charge in [-0.1, -0.05) is 12.1 Å². The predicted octanol–water partition coefficient (Wildman–Crippen LogP) is 1.20. The number of nitrogens with zero attached hydrogens (tertiary/aromatic N) is 2. The minimum absolute atomic E-state index is 0.00326. The lowest BCUT2D eigenvalue weighted by Gasteiger charge is -2.30. The molecule has 1 aromatic heterocycles. The Morgan fingerprint density at radius 3 is 2.58 bits per heavy atom. The summed E-state index contributed by atoms with van der Waals surface area (Å²) in [6, 6.07) is -0.871. The van der Waals surface area contributed by atoms with Gasteiger partial charge in [0.15, 0.2) is 5.76 Å². The lowest BCUT2D eigenvalue weighted by molar-refractivity contribution is -0.122. The van der Waals surface area contributed by atoms with Crippen LogP contribution >= 0.6 is 0 Å². The van der Waals surface area contributed by atoms with E-state index in [-0.39, 0.29) is 22.3 Å². The van der Waals surface area contributed by atoms with Gasteiger partial charge in [-0.2, -0.15) is 4.72 Å². The second-order valence-electron chi connectivity index (χ2n) is 7.17. The second kappa shape index (κ2) is 8.96. The maximum absolute atomic E-state index is 12.4. The molecule has 2 heterocycles. The Morgan fingerprint density at radius 1 is 1.35 bits per heavy atom. The van der Waals surface area contributed by atoms with Gasteiger partial charge in [-0.15, -0.1) is 0 Å². The molecule has 1 atom stereocenters. The van der Waals surface area contributed by atoms with E-state index < -0.39 is 16.1 Å². The number of aryl methyl sites for hydroxylation is 2. The molecule has 2 rings (SSSR count). The zero-order valence-corrected chi connectivity index (χ0v) is 16.9. The van der Waals surface area contributed by atoms with Crippen molar-refractivity contribution >= 4 is 15.9 Å². The molecule has 26 heavy (non-hydrogen) atoms. The van der Waals surface area contributed by atoms with Crippen LogP contribution in [-0.2, 0) is 14.8 Å². The van der Waals surface area contributed by atoms with E-state index >= 15 is 0 Å². The summed E-state index contributed by atoms with van der Waals surface area (Å²) >= 11 is 0. The number of carbonyl (C=O) groups excluding carboxylic acids is 1. The van der Waals surface area contributed by atoms with Gasteiger partial charge in [0.1, 0.15) is 10.6 Å². The van der Waals surface area contributed by atoms with Crippen molar-refractivity contribution in [3.63, 3.8) is 0 Å². The molecule has 8 nitrogen and oxygen atoms in total. The SMILES string of the molecule is Cc1noc(C)c1S(=O)(=O)N[C@@H](C)C(=O)NCCCN1CCC(C)CC1. The van der Waals surface area contributed by atoms with Crippen LogP contribution in [0.1, 0.15) is 44.6 Å². The number of piperidine rings is 1. The quantitative estimate of drug-likeness (QED) is 0.651. The highest BCUT2D eigenvalue weighted by Crippen LogP contribution is 2.19. The number of rotatable bonds is 8. The summed E-state index contributed by atoms with van der Waals surface area (Å²) in [4.78, 5) is 14.6. The van der Waals surface area contributed by atoms with Gasteiger partial charge in [-0.3, -0.25) is 4.79 Å². The molecule has 0 bridgehead atoms. The highest BCUT2D eigenvalue weighted by atomic mass is 32.2. The molecule has 0 aliphatic carbocycles. The van der Waals surface area contributed by atoms with Crippen LogP contribution in [-0.4, -0.2) is 56.6 Å². The maximum atomic E-state index is 12.4. The Hall–Kier alpha value is -1.45. The standard InChI is InChI=1S/C17H30N4O4S/c1-12-6-10-21(11-7-12)9-5-8-18-17(22)14(3)20-26(23,24)16-13(2)19-25-15(16)4/h12,14,20H,5-11H2,1-4H3,(H,18,22)/t14-/m0/s1. The highest BCUT2D eigenvalue weighted by Gasteiger charge is 2.28. The topological polar surface area (TPSA) is 105 Å². The lowest BCUT2D eigenvalue weighted by atomic mass is 9.99. The molecule has 1 saturated heterocycles. The van der Waals surface area contributed by atoms with E-state index in [4.69, 9.17) is 4.52 Å². The fraction of sp³-hybridized carbons (Fsp3) is 0.765. The molecule has 9 heteroatoms. The summed E-state index contributed by atoms with van der Waals surface area (Å²) in [6.07, 6.45) is 3.31. The van der Waals surface area contributed by atoms with E-state index in [1.54, 1.807) is 6.92 Å². The van der Waals surface area contributed by atoms with Crippen LogP contribution in [0.4, 0.5) is 0 Å². The first-order chi connectivity index (χ1) is 12.2. The minimum atomic E-state index is -3.85. The number of amides is 1. The largest absolute Gasteiger partial charge is 0.360 e. The summed E-state index contributed by atoms with van der Waals surface area (Å²) < 4.78 is 32.1. The molecule has 0 radical (unpaired) electrons. The van der Waals surface area contributed by atoms with Crippen molar-refractivity contribution in [2.24, 2.45) is 5.92 Å². The van der Waals surface area contributed by atoms with E-state index in [1.165, 1.54) is 26.7 Å². The van der Waals surface area contributed by atoms with Crippen molar-refractivity contribution in [3.8, 4) is 0 Å². The van der Waals surface area contributed by atoms with Crippen LogP contribution < -0.4 is 10.0 Å². The lowest BCUT2D eigenvalue weighted by Crippen LogP contribution is -2.45. The molecule has 0 spiro atoms. The van der Waals surface area contributed by atoms with Gasteiger partial charge in [0.2, 0.25) is 15.9 Å². The average molecular weight is 387 g/mol. The Bertz CT molecular complexity index is 689. The number of aromatic nitrogens is 1. The fourth-order valence-corrected chi connectivity index (χ4v) is 4.69. The van der Waals surface area contributed by atoms with Crippen molar-refractivity contribution in [1.29, 1.82) is 0 Å². The number of hydrogen-bond acceptors (Lipinski definition) is 6. The minimum Gasteiger partial charge on any atom is -0.360 e. The molecular formula is C17H30N4O4S. The molecule has 1 amide bonds. The van der Waals surface area contributed by atoms with Gasteiger partial charge >= 0.3 is 0 Å². The molecule has 0 unspecified atom stereocenters. The molecule has 0 saturated carbocycles. The van der Waals surface area contributed by atoms with Gasteiger partial charge in [-0.05, 0) is 65.6 Å². The molecule has 1 aliphatic heterocycles. The first-order valence-corrected chi connectivity index (χ1v) is 10.6. The Morgan fingerprint density at radius 2 is 2.00 bits per heavy atom. The number of likely N-dealkylation sites (tertiary alicyclic amines) is 1. The monoisotopic (exact) mass is 386 g/mol. The van der Waals surface area contributed by atoms with Gasteiger partial charge < -0.3 is 14.7 Å². The van der Waals surface area contributed by atoms with Crippen LogP contribution in [0.25, 0.3) is 0 Å². The van der Waals surface area contributed by atoms with E-state index in [2.05, 4.69) is 27.0 Å². The van der Waals surface area contributed by atoms with Crippen molar-refractivity contribution in [2.45, 2.75) is 57.9 Å². The normalized spacial score (nSPS) is 18.0. The molecule has 148 valence electrons. The number of nitrogens with one attached hydrogen (secondary N) is 2. The van der Waals surface area contributed by atoms with Gasteiger partial charge in [0, 0.05) is 6.54 Å². The van der Waals surface area contributed by atoms with Gasteiger partial charge in [-0.25, -0.2) is 8.42 Å². The second-order valence-corrected chi connectivity index (χ2v) is 8.82. The van der Waals surface area contributed by atoms with Crippen molar-refractivity contribution in [3.05, 3.63) is 11.5 Å². The zero-order valence-electron chi connectivity index (χ0n) is 16.0. The average Bonchev–Trinajstić information content (AvgIpc) is 2.92. The Balaban J connectivity index is 1.75. The molecular weight excluding hydrogens is 356 g/mol. The summed E-state index contributed by atoms with van der Waals surface area (Å²) in [5.41, 5.74) is 0.276. The number of carbonyl (C=O) groups is 1. The third-order valence-corrected chi connectivity index (χ3v) is 6.57. The summed E-state index contributed by atoms with van der Waals surface area (Å²) in [7, 11) is -3.85. The molecule has 2 N–H and O–H groups in total. The molecule has 0 aromatic carbocycles. The molecule has 1 aliphatic rings. The van der Waals surface area contributed by atoms with Gasteiger partial charge in [0.05, 0.1) is 6.04 Å². The van der Waals surface area contributed by atoms with Crippen LogP contribution in [0.5, 0.6) is 0 Å². The smallest absolute Gasteiger partial charge is 0.246 e. The summed E-state index contributed by atoms with van der Waals surface area (Å²) in [5, 5.41) is 6.44. The first kappa shape index (κ1) is 20.9. The highest BCUT2D eigenvalue weighted by molar-refractivity contribution is 7.89. The third-order valence-electron chi connectivity index (χ3n) is 4.79. The van der Waals surface area contributed by atoms with E-state index in [0.29, 0.717) is 6.54 Å². The zero-order chi connectivity index (χ0) is 19.3. The maximum Gasteiger partial charge on any atom is 0.246 e. The van der Waals surface area contributed by atoms with E-state index in [0.717, 1.165) is 32.0 Å². The third kappa shape index (κ3) is 5.52. The fourth-order valence-electron chi connectivity index (χ4n) is 3.16. The molecule has 1 aromatic rings. The van der Waals surface area contributed by atoms with E-state index in [9.17, 15) is 13.2 Å². The van der Waals surface area contributed by atoms with Crippen LogP contribution in [0.2, 0.25) is 0 Å². The molecule has 1 fully saturated rings.